The van der Waals surface area contributed by atoms with Crippen LogP contribution in [0.25, 0.3) is 11.1 Å². The number of carboxylic acid groups (broad SMARTS) is 1. The van der Waals surface area contributed by atoms with Crippen molar-refractivity contribution in [2.75, 3.05) is 46.1 Å². The highest BCUT2D eigenvalue weighted by Crippen LogP contribution is 2.26. The van der Waals surface area contributed by atoms with Crippen molar-refractivity contribution in [2.24, 2.45) is 0 Å². The van der Waals surface area contributed by atoms with Crippen molar-refractivity contribution in [1.29, 1.82) is 5.26 Å². The molecule has 4 rings (SSSR count). The lowest BCUT2D eigenvalue weighted by atomic mass is 9.88. The summed E-state index contributed by atoms with van der Waals surface area (Å²) >= 11 is 0. The molecule has 1 unspecified atom stereocenters. The van der Waals surface area contributed by atoms with Crippen LogP contribution < -0.4 is 10.6 Å². The molecule has 0 bridgehead atoms. The molecule has 3 N–H and O–H groups in total. The fourth-order valence-electron chi connectivity index (χ4n) is 4.60. The van der Waals surface area contributed by atoms with E-state index in [1.54, 1.807) is 36.4 Å². The monoisotopic (exact) mass is 542 g/mol. The van der Waals surface area contributed by atoms with Gasteiger partial charge < -0.3 is 25.2 Å². The largest absolute Gasteiger partial charge is 0.465 e. The molecule has 1 atom stereocenters. The third kappa shape index (κ3) is 6.14. The molecule has 0 saturated carbocycles. The highest BCUT2D eigenvalue weighted by molar-refractivity contribution is 7.89. The van der Waals surface area contributed by atoms with Gasteiger partial charge in [-0.05, 0) is 28.8 Å². The summed E-state index contributed by atoms with van der Waals surface area (Å²) in [5.41, 5.74) is 1.07. The maximum Gasteiger partial charge on any atom is 0.405 e. The Morgan fingerprint density at radius 3 is 2.08 bits per heavy atom. The van der Waals surface area contributed by atoms with Crippen LogP contribution in [0.2, 0.25) is 0 Å². The van der Waals surface area contributed by atoms with Gasteiger partial charge in [0.1, 0.15) is 5.54 Å². The zero-order valence-corrected chi connectivity index (χ0v) is 21.6. The Kier molecular flexibility index (Phi) is 8.63. The second-order valence-corrected chi connectivity index (χ2v) is 11.1. The first-order valence-corrected chi connectivity index (χ1v) is 13.7. The molecular weight excluding hydrogens is 512 g/mol. The van der Waals surface area contributed by atoms with Gasteiger partial charge in [-0.25, -0.2) is 13.2 Å². The predicted octanol–water partition coefficient (Wildman–Crippen LogP) is 1.91. The summed E-state index contributed by atoms with van der Waals surface area (Å²) in [7, 11) is -3.58. The molecule has 38 heavy (non-hydrogen) atoms. The van der Waals surface area contributed by atoms with Crippen LogP contribution in [-0.2, 0) is 24.3 Å². The lowest BCUT2D eigenvalue weighted by Crippen LogP contribution is -2.61. The van der Waals surface area contributed by atoms with Crippen LogP contribution in [0.1, 0.15) is 24.3 Å². The minimum absolute atomic E-state index is 0.0205. The number of hydrogen-bond acceptors (Lipinski definition) is 7. The molecule has 2 fully saturated rings. The van der Waals surface area contributed by atoms with Gasteiger partial charge in [0, 0.05) is 45.7 Å². The molecule has 2 aromatic rings. The van der Waals surface area contributed by atoms with Gasteiger partial charge in [0.2, 0.25) is 15.9 Å². The third-order valence-corrected chi connectivity index (χ3v) is 8.77. The predicted molar refractivity (Wildman–Crippen MR) is 137 cm³/mol. The number of amides is 2. The van der Waals surface area contributed by atoms with E-state index in [4.69, 9.17) is 9.47 Å². The minimum Gasteiger partial charge on any atom is -0.465 e. The Morgan fingerprint density at radius 2 is 1.53 bits per heavy atom. The lowest BCUT2D eigenvalue weighted by Gasteiger charge is -2.35. The van der Waals surface area contributed by atoms with Crippen molar-refractivity contribution in [3.63, 3.8) is 0 Å². The van der Waals surface area contributed by atoms with Gasteiger partial charge in [0.25, 0.3) is 0 Å². The quantitative estimate of drug-likeness (QED) is 0.456. The summed E-state index contributed by atoms with van der Waals surface area (Å²) in [5, 5.41) is 24.0. The molecule has 2 aliphatic heterocycles. The van der Waals surface area contributed by atoms with Gasteiger partial charge >= 0.3 is 6.09 Å². The van der Waals surface area contributed by atoms with Crippen molar-refractivity contribution in [2.45, 2.75) is 29.2 Å². The van der Waals surface area contributed by atoms with E-state index < -0.39 is 33.5 Å². The molecule has 2 aromatic carbocycles. The average Bonchev–Trinajstić information content (AvgIpc) is 2.94. The molecular formula is C26H30N4O7S. The first-order valence-electron chi connectivity index (χ1n) is 12.3. The summed E-state index contributed by atoms with van der Waals surface area (Å²) < 4.78 is 37.6. The molecule has 2 amide bonds. The van der Waals surface area contributed by atoms with Gasteiger partial charge in [0.15, 0.2) is 0 Å². The number of ether oxygens (including phenoxy) is 2. The molecule has 11 nitrogen and oxygen atoms in total. The van der Waals surface area contributed by atoms with Gasteiger partial charge in [-0.2, -0.15) is 9.57 Å². The highest BCUT2D eigenvalue weighted by Gasteiger charge is 2.41. The molecule has 0 aromatic heterocycles. The lowest BCUT2D eigenvalue weighted by molar-refractivity contribution is -0.131. The zero-order valence-electron chi connectivity index (χ0n) is 20.8. The van der Waals surface area contributed by atoms with Gasteiger partial charge in [0.05, 0.1) is 30.1 Å². The Bertz CT molecular complexity index is 1280. The SMILES string of the molecule is N#CC(CNC(=O)C1(NC(=O)O)CCOCC1)c1ccc(-c2ccc(S(=O)(=O)N3CCOCC3)cc2)cc1. The molecule has 0 spiro atoms. The number of nitrogens with one attached hydrogen (secondary N) is 2. The van der Waals surface area contributed by atoms with Crippen LogP contribution in [0.3, 0.4) is 0 Å². The van der Waals surface area contributed by atoms with Crippen LogP contribution >= 0.6 is 0 Å². The first-order chi connectivity index (χ1) is 18.2. The Morgan fingerprint density at radius 1 is 0.974 bits per heavy atom. The second kappa shape index (κ2) is 11.9. The topological polar surface area (TPSA) is 158 Å². The summed E-state index contributed by atoms with van der Waals surface area (Å²) in [4.78, 5) is 24.4. The first kappa shape index (κ1) is 27.5. The van der Waals surface area contributed by atoms with Gasteiger partial charge in [-0.3, -0.25) is 4.79 Å². The van der Waals surface area contributed by atoms with Crippen LogP contribution in [0.15, 0.2) is 53.4 Å². The minimum atomic E-state index is -3.58. The van der Waals surface area contributed by atoms with Crippen LogP contribution in [-0.4, -0.2) is 81.4 Å². The number of carbonyl (C=O) groups excluding carboxylic acids is 1. The van der Waals surface area contributed by atoms with E-state index in [0.29, 0.717) is 31.9 Å². The number of nitrogens with zero attached hydrogens (tertiary/aromatic N) is 2. The number of sulfonamides is 1. The van der Waals surface area contributed by atoms with Crippen LogP contribution in [0.4, 0.5) is 4.79 Å². The van der Waals surface area contributed by atoms with Gasteiger partial charge in [-0.15, -0.1) is 0 Å². The van der Waals surface area contributed by atoms with Crippen LogP contribution in [0, 0.1) is 11.3 Å². The molecule has 12 heteroatoms. The van der Waals surface area contributed by atoms with E-state index in [1.165, 1.54) is 4.31 Å². The normalized spacial score (nSPS) is 18.6. The second-order valence-electron chi connectivity index (χ2n) is 9.18. The van der Waals surface area contributed by atoms with Gasteiger partial charge in [-0.1, -0.05) is 36.4 Å². The Hall–Kier alpha value is -3.50. The zero-order chi connectivity index (χ0) is 27.2. The van der Waals surface area contributed by atoms with Crippen LogP contribution in [0.5, 0.6) is 0 Å². The average molecular weight is 543 g/mol. The highest BCUT2D eigenvalue weighted by atomic mass is 32.2. The van der Waals surface area contributed by atoms with E-state index >= 15 is 0 Å². The Balaban J connectivity index is 1.41. The smallest absolute Gasteiger partial charge is 0.405 e. The van der Waals surface area contributed by atoms with Crippen molar-refractivity contribution >= 4 is 22.0 Å². The fourth-order valence-corrected chi connectivity index (χ4v) is 6.01. The van der Waals surface area contributed by atoms with Crippen molar-refractivity contribution in [1.82, 2.24) is 14.9 Å². The summed E-state index contributed by atoms with van der Waals surface area (Å²) in [5.74, 6) is -1.12. The van der Waals surface area contributed by atoms with E-state index in [9.17, 15) is 28.4 Å². The third-order valence-electron chi connectivity index (χ3n) is 6.86. The maximum absolute atomic E-state index is 12.9. The van der Waals surface area contributed by atoms with E-state index in [2.05, 4.69) is 16.7 Å². The summed E-state index contributed by atoms with van der Waals surface area (Å²) in [6.45, 7) is 1.97. The summed E-state index contributed by atoms with van der Waals surface area (Å²) in [6.07, 6.45) is -0.867. The van der Waals surface area contributed by atoms with Crippen molar-refractivity contribution in [3.05, 3.63) is 54.1 Å². The molecule has 2 heterocycles. The number of benzene rings is 2. The Labute approximate surface area is 221 Å². The fraction of sp³-hybridized carbons (Fsp3) is 0.423. The number of rotatable bonds is 8. The van der Waals surface area contributed by atoms with Crippen molar-refractivity contribution in [3.8, 4) is 17.2 Å². The molecule has 0 aliphatic carbocycles. The van der Waals surface area contributed by atoms with Crippen molar-refractivity contribution < 1.29 is 32.6 Å². The molecule has 2 aliphatic rings. The summed E-state index contributed by atoms with van der Waals surface area (Å²) in [6, 6.07) is 16.1. The molecule has 202 valence electrons. The molecule has 0 radical (unpaired) electrons. The molecule has 2 saturated heterocycles. The standard InChI is InChI=1S/C26H30N4O7S/c27-17-22(18-28-24(31)26(29-25(32)33)9-13-36-14-10-26)21-3-1-19(2-4-21)20-5-7-23(8-6-20)38(34,35)30-11-15-37-16-12-30/h1-8,22,29H,9-16,18H2,(H,28,31)(H,32,33). The number of morpholine rings is 1. The maximum atomic E-state index is 12.9. The number of hydrogen-bond donors (Lipinski definition) is 3. The number of carbonyl (C=O) groups is 2. The van der Waals surface area contributed by atoms with E-state index in [1.807, 2.05) is 12.1 Å². The number of nitriles is 1. The van der Waals surface area contributed by atoms with E-state index in [-0.39, 0.29) is 37.5 Å². The van der Waals surface area contributed by atoms with E-state index in [0.717, 1.165) is 11.1 Å².